The Morgan fingerprint density at radius 3 is 3.17 bits per heavy atom. The molecule has 0 N–H and O–H groups in total. The highest BCUT2D eigenvalue weighted by Crippen LogP contribution is 2.36. The summed E-state index contributed by atoms with van der Waals surface area (Å²) in [6, 6.07) is -0.151. The van der Waals surface area contributed by atoms with Gasteiger partial charge in [-0.1, -0.05) is 0 Å². The van der Waals surface area contributed by atoms with E-state index in [0.29, 0.717) is 5.92 Å². The number of thioether (sulfide) groups is 1. The molecule has 4 nitrogen and oxygen atoms in total. The summed E-state index contributed by atoms with van der Waals surface area (Å²) < 4.78 is 7.10. The number of hydrogen-bond acceptors (Lipinski definition) is 4. The number of nitrogens with zero attached hydrogens (tertiary/aromatic N) is 2. The minimum Gasteiger partial charge on any atom is -0.467 e. The van der Waals surface area contributed by atoms with Crippen molar-refractivity contribution in [2.24, 2.45) is 0 Å². The van der Waals surface area contributed by atoms with E-state index in [4.69, 9.17) is 4.74 Å². The molecule has 3 rings (SSSR count). The number of hydrogen-bond donors (Lipinski definition) is 0. The molecule has 0 aliphatic carbocycles. The Balaban J connectivity index is 1.97. The molecular formula is C13H18N2O2S. The van der Waals surface area contributed by atoms with E-state index in [9.17, 15) is 4.79 Å². The third-order valence-corrected chi connectivity index (χ3v) is 5.05. The van der Waals surface area contributed by atoms with Crippen LogP contribution in [0.5, 0.6) is 0 Å². The number of carbonyl (C=O) groups excluding carboxylic acids is 1. The molecule has 3 heterocycles. The van der Waals surface area contributed by atoms with Gasteiger partial charge in [0.1, 0.15) is 11.9 Å². The first-order valence-corrected chi connectivity index (χ1v) is 7.68. The van der Waals surface area contributed by atoms with E-state index in [0.717, 1.165) is 30.8 Å². The van der Waals surface area contributed by atoms with Crippen molar-refractivity contribution in [2.45, 2.75) is 37.6 Å². The molecule has 1 saturated heterocycles. The fraction of sp³-hybridized carbons (Fsp3) is 0.692. The molecule has 0 bridgehead atoms. The zero-order valence-corrected chi connectivity index (χ0v) is 11.4. The first-order chi connectivity index (χ1) is 8.81. The average Bonchev–Trinajstić information content (AvgIpc) is 3.05. The number of aryl methyl sites for hydroxylation is 1. The van der Waals surface area contributed by atoms with Gasteiger partial charge < -0.3 is 9.30 Å². The van der Waals surface area contributed by atoms with Crippen LogP contribution in [0.4, 0.5) is 0 Å². The van der Waals surface area contributed by atoms with Gasteiger partial charge in [0.25, 0.3) is 0 Å². The summed E-state index contributed by atoms with van der Waals surface area (Å²) in [7, 11) is 1.47. The Kier molecular flexibility index (Phi) is 3.33. The highest BCUT2D eigenvalue weighted by atomic mass is 32.2. The summed E-state index contributed by atoms with van der Waals surface area (Å²) in [4.78, 5) is 16.5. The molecule has 0 aromatic carbocycles. The lowest BCUT2D eigenvalue weighted by Crippen LogP contribution is -2.28. The third-order valence-electron chi connectivity index (χ3n) is 3.89. The van der Waals surface area contributed by atoms with Crippen molar-refractivity contribution in [3.05, 3.63) is 17.7 Å². The van der Waals surface area contributed by atoms with E-state index in [1.165, 1.54) is 25.0 Å². The first-order valence-electron chi connectivity index (χ1n) is 6.53. The molecule has 1 aromatic rings. The molecule has 2 atom stereocenters. The summed E-state index contributed by atoms with van der Waals surface area (Å²) in [5, 5.41) is 0. The maximum Gasteiger partial charge on any atom is 0.328 e. The SMILES string of the molecule is COC(=O)C1CCCc2cnc(C3CCSC3)n21. The second-order valence-electron chi connectivity index (χ2n) is 4.97. The van der Waals surface area contributed by atoms with Crippen molar-refractivity contribution in [2.75, 3.05) is 18.6 Å². The second kappa shape index (κ2) is 4.96. The van der Waals surface area contributed by atoms with Gasteiger partial charge in [-0.05, 0) is 31.4 Å². The van der Waals surface area contributed by atoms with Crippen LogP contribution in [0.1, 0.15) is 42.7 Å². The van der Waals surface area contributed by atoms with Crippen LogP contribution in [0.15, 0.2) is 6.20 Å². The van der Waals surface area contributed by atoms with Crippen molar-refractivity contribution >= 4 is 17.7 Å². The quantitative estimate of drug-likeness (QED) is 0.769. The number of imidazole rings is 1. The number of fused-ring (bicyclic) bond motifs is 1. The van der Waals surface area contributed by atoms with Crippen molar-refractivity contribution in [1.29, 1.82) is 0 Å². The fourth-order valence-electron chi connectivity index (χ4n) is 2.96. The maximum absolute atomic E-state index is 11.9. The normalized spacial score (nSPS) is 26.9. The monoisotopic (exact) mass is 266 g/mol. The van der Waals surface area contributed by atoms with Gasteiger partial charge in [-0.2, -0.15) is 11.8 Å². The summed E-state index contributed by atoms with van der Waals surface area (Å²) in [5.74, 6) is 3.82. The molecular weight excluding hydrogens is 248 g/mol. The predicted molar refractivity (Wildman–Crippen MR) is 70.9 cm³/mol. The molecule has 0 radical (unpaired) electrons. The van der Waals surface area contributed by atoms with Gasteiger partial charge in [-0.3, -0.25) is 0 Å². The summed E-state index contributed by atoms with van der Waals surface area (Å²) >= 11 is 1.98. The average molecular weight is 266 g/mol. The van der Waals surface area contributed by atoms with E-state index in [1.807, 2.05) is 18.0 Å². The van der Waals surface area contributed by atoms with Gasteiger partial charge in [0.15, 0.2) is 0 Å². The molecule has 0 spiro atoms. The second-order valence-corrected chi connectivity index (χ2v) is 6.12. The van der Waals surface area contributed by atoms with Crippen LogP contribution in [-0.4, -0.2) is 34.1 Å². The highest BCUT2D eigenvalue weighted by molar-refractivity contribution is 7.99. The Morgan fingerprint density at radius 1 is 1.56 bits per heavy atom. The molecule has 2 aliphatic rings. The standard InChI is InChI=1S/C13H18N2O2S/c1-17-13(16)11-4-2-3-10-7-14-12(15(10)11)9-5-6-18-8-9/h7,9,11H,2-6,8H2,1H3. The van der Waals surface area contributed by atoms with Gasteiger partial charge in [0.2, 0.25) is 0 Å². The van der Waals surface area contributed by atoms with Crippen molar-refractivity contribution in [3.8, 4) is 0 Å². The number of aromatic nitrogens is 2. The lowest BCUT2D eigenvalue weighted by molar-refractivity contribution is -0.145. The minimum atomic E-state index is -0.151. The van der Waals surface area contributed by atoms with Gasteiger partial charge in [-0.15, -0.1) is 0 Å². The third kappa shape index (κ3) is 1.94. The molecule has 1 aromatic heterocycles. The topological polar surface area (TPSA) is 44.1 Å². The minimum absolute atomic E-state index is 0.124. The molecule has 0 saturated carbocycles. The van der Waals surface area contributed by atoms with Crippen LogP contribution in [-0.2, 0) is 16.0 Å². The van der Waals surface area contributed by atoms with Gasteiger partial charge in [0.05, 0.1) is 7.11 Å². The predicted octanol–water partition coefficient (Wildman–Crippen LogP) is 2.15. The van der Waals surface area contributed by atoms with E-state index in [1.54, 1.807) is 0 Å². The summed E-state index contributed by atoms with van der Waals surface area (Å²) in [6.07, 6.45) is 6.08. The van der Waals surface area contributed by atoms with Gasteiger partial charge in [0, 0.05) is 23.6 Å². The fourth-order valence-corrected chi connectivity index (χ4v) is 4.18. The number of rotatable bonds is 2. The van der Waals surface area contributed by atoms with E-state index >= 15 is 0 Å². The lowest BCUT2D eigenvalue weighted by atomic mass is 10.0. The molecule has 18 heavy (non-hydrogen) atoms. The van der Waals surface area contributed by atoms with Crippen LogP contribution in [0, 0.1) is 0 Å². The van der Waals surface area contributed by atoms with Crippen LogP contribution in [0.25, 0.3) is 0 Å². The van der Waals surface area contributed by atoms with Crippen molar-refractivity contribution in [3.63, 3.8) is 0 Å². The highest BCUT2D eigenvalue weighted by Gasteiger charge is 2.32. The summed E-state index contributed by atoms with van der Waals surface area (Å²) in [6.45, 7) is 0. The molecule has 2 unspecified atom stereocenters. The van der Waals surface area contributed by atoms with E-state index in [2.05, 4.69) is 9.55 Å². The lowest BCUT2D eigenvalue weighted by Gasteiger charge is -2.26. The number of carbonyl (C=O) groups is 1. The molecule has 98 valence electrons. The Morgan fingerprint density at radius 2 is 2.44 bits per heavy atom. The largest absolute Gasteiger partial charge is 0.467 e. The molecule has 5 heteroatoms. The zero-order valence-electron chi connectivity index (χ0n) is 10.6. The van der Waals surface area contributed by atoms with Crippen LogP contribution in [0.2, 0.25) is 0 Å². The Bertz CT molecular complexity index is 452. The Hall–Kier alpha value is -0.970. The van der Waals surface area contributed by atoms with Crippen LogP contribution in [0.3, 0.4) is 0 Å². The zero-order chi connectivity index (χ0) is 12.5. The van der Waals surface area contributed by atoms with Crippen molar-refractivity contribution in [1.82, 2.24) is 9.55 Å². The molecule has 1 fully saturated rings. The smallest absolute Gasteiger partial charge is 0.328 e. The molecule has 0 amide bonds. The van der Waals surface area contributed by atoms with E-state index in [-0.39, 0.29) is 12.0 Å². The Labute approximate surface area is 111 Å². The maximum atomic E-state index is 11.9. The van der Waals surface area contributed by atoms with E-state index < -0.39 is 0 Å². The number of esters is 1. The first kappa shape index (κ1) is 12.1. The van der Waals surface area contributed by atoms with Gasteiger partial charge >= 0.3 is 5.97 Å². The van der Waals surface area contributed by atoms with Crippen LogP contribution >= 0.6 is 11.8 Å². The van der Waals surface area contributed by atoms with Gasteiger partial charge in [-0.25, -0.2) is 9.78 Å². The number of methoxy groups -OCH3 is 1. The number of ether oxygens (including phenoxy) is 1. The summed E-state index contributed by atoms with van der Waals surface area (Å²) in [5.41, 5.74) is 1.20. The molecule has 2 aliphatic heterocycles. The van der Waals surface area contributed by atoms with Crippen molar-refractivity contribution < 1.29 is 9.53 Å². The van der Waals surface area contributed by atoms with Crippen LogP contribution < -0.4 is 0 Å².